The van der Waals surface area contributed by atoms with E-state index < -0.39 is 11.9 Å². The Balaban J connectivity index is 2.61. The number of carbonyl (C=O) groups is 2. The lowest BCUT2D eigenvalue weighted by molar-refractivity contribution is -0.137. The predicted octanol–water partition coefficient (Wildman–Crippen LogP) is 0.291. The summed E-state index contributed by atoms with van der Waals surface area (Å²) in [6, 6.07) is 0. The van der Waals surface area contributed by atoms with Gasteiger partial charge in [0.05, 0.1) is 14.2 Å². The molecule has 0 saturated heterocycles. The molecule has 60 valence electrons. The lowest BCUT2D eigenvalue weighted by atomic mass is 10.5. The van der Waals surface area contributed by atoms with Crippen LogP contribution in [0.2, 0.25) is 0 Å². The first-order chi connectivity index (χ1) is 5.20. The summed E-state index contributed by atoms with van der Waals surface area (Å²) in [5.41, 5.74) is 0. The van der Waals surface area contributed by atoms with Gasteiger partial charge in [0.15, 0.2) is 0 Å². The number of hydrogen-bond acceptors (Lipinski definition) is 5. The molecule has 0 radical (unpaired) electrons. The Morgan fingerprint density at radius 1 is 1.09 bits per heavy atom. The molecule has 0 amide bonds. The largest absolute Gasteiger partial charge is 0.465 e. The quantitative estimate of drug-likeness (QED) is 0.563. The third kappa shape index (κ3) is 1.54. The van der Waals surface area contributed by atoms with Crippen LogP contribution in [0.3, 0.4) is 0 Å². The van der Waals surface area contributed by atoms with Gasteiger partial charge in [0.25, 0.3) is 0 Å². The summed E-state index contributed by atoms with van der Waals surface area (Å²) in [5, 5.41) is 0. The van der Waals surface area contributed by atoms with Crippen molar-refractivity contribution in [2.45, 2.75) is 0 Å². The minimum Gasteiger partial charge on any atom is -0.465 e. The Hall–Kier alpha value is -0.970. The topological polar surface area (TPSA) is 52.6 Å². The maximum atomic E-state index is 10.7. The third-order valence-corrected chi connectivity index (χ3v) is 2.06. The van der Waals surface area contributed by atoms with Crippen molar-refractivity contribution in [1.29, 1.82) is 0 Å². The third-order valence-electron chi connectivity index (χ3n) is 1.11. The number of thioether (sulfide) groups is 1. The van der Waals surface area contributed by atoms with Crippen molar-refractivity contribution >= 4 is 23.7 Å². The molecule has 0 atom stereocenters. The van der Waals surface area contributed by atoms with Gasteiger partial charge in [-0.2, -0.15) is 0 Å². The van der Waals surface area contributed by atoms with Gasteiger partial charge in [0, 0.05) is 0 Å². The van der Waals surface area contributed by atoms with Gasteiger partial charge in [0.1, 0.15) is 9.81 Å². The fourth-order valence-electron chi connectivity index (χ4n) is 0.531. The second-order valence-corrected chi connectivity index (χ2v) is 2.76. The molecule has 11 heavy (non-hydrogen) atoms. The molecule has 1 aliphatic heterocycles. The van der Waals surface area contributed by atoms with E-state index in [-0.39, 0.29) is 0 Å². The molecule has 0 saturated carbocycles. The molecule has 1 heterocycles. The number of methoxy groups -OCH3 is 2. The zero-order valence-electron chi connectivity index (χ0n) is 6.04. The van der Waals surface area contributed by atoms with Crippen molar-refractivity contribution in [1.82, 2.24) is 0 Å². The maximum absolute atomic E-state index is 10.7. The van der Waals surface area contributed by atoms with Gasteiger partial charge in [-0.1, -0.05) is 11.8 Å². The average Bonchev–Trinajstić information content (AvgIpc) is 2.80. The number of esters is 2. The molecule has 0 aromatic heterocycles. The highest BCUT2D eigenvalue weighted by atomic mass is 32.2. The summed E-state index contributed by atoms with van der Waals surface area (Å²) in [7, 11) is 2.53. The minimum absolute atomic E-state index is 0.347. The number of rotatable bonds is 2. The first-order valence-corrected chi connectivity index (χ1v) is 3.61. The molecule has 1 aliphatic rings. The Bertz CT molecular complexity index is 219. The fourth-order valence-corrected chi connectivity index (χ4v) is 1.18. The molecule has 0 aliphatic carbocycles. The van der Waals surface area contributed by atoms with Gasteiger partial charge in [-0.25, -0.2) is 9.59 Å². The lowest BCUT2D eigenvalue weighted by Crippen LogP contribution is -1.98. The highest BCUT2D eigenvalue weighted by Crippen LogP contribution is 2.46. The van der Waals surface area contributed by atoms with E-state index in [9.17, 15) is 9.59 Å². The van der Waals surface area contributed by atoms with Gasteiger partial charge >= 0.3 is 11.9 Å². The molecule has 4 nitrogen and oxygen atoms in total. The zero-order valence-corrected chi connectivity index (χ0v) is 6.86. The molecular formula is C6H6O4S. The minimum atomic E-state index is -0.476. The van der Waals surface area contributed by atoms with Crippen LogP contribution in [-0.2, 0) is 19.1 Å². The zero-order chi connectivity index (χ0) is 8.43. The first-order valence-electron chi connectivity index (χ1n) is 2.79. The molecule has 5 heteroatoms. The predicted molar refractivity (Wildman–Crippen MR) is 38.6 cm³/mol. The van der Waals surface area contributed by atoms with E-state index in [1.807, 2.05) is 0 Å². The Labute approximate surface area is 67.5 Å². The van der Waals surface area contributed by atoms with Crippen LogP contribution in [0.1, 0.15) is 0 Å². The van der Waals surface area contributed by atoms with Crippen LogP contribution in [0.5, 0.6) is 0 Å². The highest BCUT2D eigenvalue weighted by molar-refractivity contribution is 8.15. The summed E-state index contributed by atoms with van der Waals surface area (Å²) >= 11 is 1.09. The second kappa shape index (κ2) is 2.96. The van der Waals surface area contributed by atoms with E-state index in [0.717, 1.165) is 11.8 Å². The summed E-state index contributed by atoms with van der Waals surface area (Å²) in [6.07, 6.45) is 0. The molecule has 0 aromatic carbocycles. The molecule has 1 rings (SSSR count). The number of carbonyl (C=O) groups excluding carboxylic acids is 2. The van der Waals surface area contributed by atoms with Crippen molar-refractivity contribution in [3.05, 3.63) is 9.81 Å². The van der Waals surface area contributed by atoms with Crippen LogP contribution in [0, 0.1) is 0 Å². The van der Waals surface area contributed by atoms with Crippen LogP contribution in [0.15, 0.2) is 9.81 Å². The summed E-state index contributed by atoms with van der Waals surface area (Å²) < 4.78 is 8.75. The Morgan fingerprint density at radius 3 is 1.73 bits per heavy atom. The smallest absolute Gasteiger partial charge is 0.346 e. The SMILES string of the molecule is COC(=O)C1=C(C(=O)OC)S1. The summed E-state index contributed by atoms with van der Waals surface area (Å²) in [4.78, 5) is 22.1. The Morgan fingerprint density at radius 2 is 1.45 bits per heavy atom. The van der Waals surface area contributed by atoms with E-state index in [0.29, 0.717) is 9.81 Å². The summed E-state index contributed by atoms with van der Waals surface area (Å²) in [6.45, 7) is 0. The van der Waals surface area contributed by atoms with E-state index >= 15 is 0 Å². The lowest BCUT2D eigenvalue weighted by Gasteiger charge is -1.87. The van der Waals surface area contributed by atoms with Gasteiger partial charge in [-0.15, -0.1) is 0 Å². The second-order valence-electron chi connectivity index (χ2n) is 1.74. The molecular weight excluding hydrogens is 168 g/mol. The average molecular weight is 174 g/mol. The molecule has 0 fully saturated rings. The van der Waals surface area contributed by atoms with Gasteiger partial charge in [0.2, 0.25) is 0 Å². The number of ether oxygens (including phenoxy) is 2. The van der Waals surface area contributed by atoms with Crippen LogP contribution >= 0.6 is 11.8 Å². The van der Waals surface area contributed by atoms with Gasteiger partial charge in [-0.05, 0) is 0 Å². The molecule has 0 bridgehead atoms. The van der Waals surface area contributed by atoms with Crippen molar-refractivity contribution in [2.75, 3.05) is 14.2 Å². The molecule has 0 unspecified atom stereocenters. The van der Waals surface area contributed by atoms with Crippen LogP contribution in [0.25, 0.3) is 0 Å². The van der Waals surface area contributed by atoms with Crippen LogP contribution in [-0.4, -0.2) is 26.2 Å². The molecule has 0 spiro atoms. The van der Waals surface area contributed by atoms with E-state index in [1.165, 1.54) is 14.2 Å². The van der Waals surface area contributed by atoms with Gasteiger partial charge in [-0.3, -0.25) is 0 Å². The maximum Gasteiger partial charge on any atom is 0.346 e. The first kappa shape index (κ1) is 8.13. The van der Waals surface area contributed by atoms with Crippen molar-refractivity contribution in [3.63, 3.8) is 0 Å². The normalized spacial score (nSPS) is 14.4. The highest BCUT2D eigenvalue weighted by Gasteiger charge is 2.36. The fraction of sp³-hybridized carbons (Fsp3) is 0.333. The molecule has 0 N–H and O–H groups in total. The van der Waals surface area contributed by atoms with E-state index in [1.54, 1.807) is 0 Å². The standard InChI is InChI=1S/C6H6O4S/c1-9-5(7)3-4(11-3)6(8)10-2/h1-2H3. The van der Waals surface area contributed by atoms with E-state index in [2.05, 4.69) is 9.47 Å². The Kier molecular flexibility index (Phi) is 2.19. The number of hydrogen-bond donors (Lipinski definition) is 0. The van der Waals surface area contributed by atoms with Crippen molar-refractivity contribution in [2.24, 2.45) is 0 Å². The monoisotopic (exact) mass is 174 g/mol. The van der Waals surface area contributed by atoms with Gasteiger partial charge < -0.3 is 9.47 Å². The van der Waals surface area contributed by atoms with E-state index in [4.69, 9.17) is 0 Å². The molecule has 0 aromatic rings. The van der Waals surface area contributed by atoms with Crippen molar-refractivity contribution < 1.29 is 19.1 Å². The summed E-state index contributed by atoms with van der Waals surface area (Å²) in [5.74, 6) is -0.953. The van der Waals surface area contributed by atoms with Crippen molar-refractivity contribution in [3.8, 4) is 0 Å². The van der Waals surface area contributed by atoms with Crippen LogP contribution in [0.4, 0.5) is 0 Å². The van der Waals surface area contributed by atoms with Crippen LogP contribution < -0.4 is 0 Å².